The highest BCUT2D eigenvalue weighted by Crippen LogP contribution is 2.41. The number of benzene rings is 2. The average molecular weight is 535 g/mol. The highest BCUT2D eigenvalue weighted by Gasteiger charge is 2.41. The number of pyridine rings is 1. The van der Waals surface area contributed by atoms with Crippen molar-refractivity contribution in [2.75, 3.05) is 11.9 Å². The van der Waals surface area contributed by atoms with Crippen molar-refractivity contribution in [2.24, 2.45) is 0 Å². The number of furan rings is 1. The van der Waals surface area contributed by atoms with Crippen LogP contribution >= 0.6 is 23.8 Å². The topological polar surface area (TPSA) is 70.4 Å². The van der Waals surface area contributed by atoms with E-state index in [1.807, 2.05) is 60.4 Å². The number of hydrogen-bond donors (Lipinski definition) is 2. The van der Waals surface area contributed by atoms with Crippen molar-refractivity contribution < 1.29 is 13.6 Å². The molecule has 188 valence electrons. The molecule has 37 heavy (non-hydrogen) atoms. The lowest BCUT2D eigenvalue weighted by atomic mass is 10.0. The van der Waals surface area contributed by atoms with Gasteiger partial charge in [-0.25, -0.2) is 4.39 Å². The zero-order valence-corrected chi connectivity index (χ0v) is 21.5. The molecule has 6 nitrogen and oxygen atoms in total. The smallest absolute Gasteiger partial charge is 0.226 e. The van der Waals surface area contributed by atoms with Gasteiger partial charge in [-0.15, -0.1) is 0 Å². The van der Waals surface area contributed by atoms with Crippen LogP contribution in [-0.4, -0.2) is 27.4 Å². The summed E-state index contributed by atoms with van der Waals surface area (Å²) in [5, 5.41) is 7.29. The van der Waals surface area contributed by atoms with E-state index in [0.29, 0.717) is 33.9 Å². The van der Waals surface area contributed by atoms with Gasteiger partial charge in [0.25, 0.3) is 0 Å². The summed E-state index contributed by atoms with van der Waals surface area (Å²) in [6, 6.07) is 20.3. The Hall–Kier alpha value is -3.75. The molecule has 2 atom stereocenters. The Bertz CT molecular complexity index is 1430. The van der Waals surface area contributed by atoms with Crippen molar-refractivity contribution in [3.8, 4) is 11.3 Å². The molecule has 0 saturated carbocycles. The fourth-order valence-electron chi connectivity index (χ4n) is 4.45. The van der Waals surface area contributed by atoms with E-state index < -0.39 is 0 Å². The molecule has 3 heterocycles. The first-order chi connectivity index (χ1) is 17.9. The number of anilines is 1. The summed E-state index contributed by atoms with van der Waals surface area (Å²) in [6.07, 6.45) is 1.91. The minimum absolute atomic E-state index is 0.172. The van der Waals surface area contributed by atoms with Crippen LogP contribution in [0.2, 0.25) is 5.02 Å². The van der Waals surface area contributed by atoms with Gasteiger partial charge < -0.3 is 20.0 Å². The molecule has 2 N–H and O–H groups in total. The Morgan fingerprint density at radius 1 is 1.16 bits per heavy atom. The molecule has 1 fully saturated rings. The molecular weight excluding hydrogens is 511 g/mol. The number of hydrogen-bond acceptors (Lipinski definition) is 4. The molecule has 0 bridgehead atoms. The van der Waals surface area contributed by atoms with Gasteiger partial charge in [-0.3, -0.25) is 9.78 Å². The van der Waals surface area contributed by atoms with Crippen LogP contribution in [-0.2, 0) is 4.79 Å². The normalized spacial score (nSPS) is 17.1. The molecule has 5 rings (SSSR count). The predicted molar refractivity (Wildman–Crippen MR) is 146 cm³/mol. The predicted octanol–water partition coefficient (Wildman–Crippen LogP) is 6.44. The van der Waals surface area contributed by atoms with Crippen LogP contribution < -0.4 is 10.6 Å². The van der Waals surface area contributed by atoms with E-state index in [9.17, 15) is 9.18 Å². The SMILES string of the molecule is Cc1ccc(Cl)cc1-c1ccc(C2C(c3ccccn3)NC(=S)N2CCC(=O)Nc2ccc(F)cc2)o1. The molecule has 0 radical (unpaired) electrons. The van der Waals surface area contributed by atoms with Gasteiger partial charge in [-0.05, 0) is 85.4 Å². The first-order valence-corrected chi connectivity index (χ1v) is 12.6. The van der Waals surface area contributed by atoms with E-state index in [2.05, 4.69) is 15.6 Å². The Morgan fingerprint density at radius 3 is 2.73 bits per heavy atom. The number of carbonyl (C=O) groups excluding carboxylic acids is 1. The largest absolute Gasteiger partial charge is 0.459 e. The van der Waals surface area contributed by atoms with Crippen molar-refractivity contribution in [2.45, 2.75) is 25.4 Å². The first kappa shape index (κ1) is 24.9. The molecule has 2 aromatic carbocycles. The number of aryl methyl sites for hydroxylation is 1. The summed E-state index contributed by atoms with van der Waals surface area (Å²) in [7, 11) is 0. The van der Waals surface area contributed by atoms with Crippen molar-refractivity contribution in [3.05, 3.63) is 107 Å². The molecule has 1 aliphatic heterocycles. The van der Waals surface area contributed by atoms with E-state index in [4.69, 9.17) is 28.2 Å². The lowest BCUT2D eigenvalue weighted by molar-refractivity contribution is -0.116. The molecular formula is C28H24ClFN4O2S. The van der Waals surface area contributed by atoms with Crippen molar-refractivity contribution in [1.82, 2.24) is 15.2 Å². The molecule has 2 unspecified atom stereocenters. The van der Waals surface area contributed by atoms with Crippen LogP contribution in [0.15, 0.2) is 83.4 Å². The third-order valence-electron chi connectivity index (χ3n) is 6.29. The fraction of sp³-hybridized carbons (Fsp3) is 0.179. The van der Waals surface area contributed by atoms with E-state index in [0.717, 1.165) is 16.8 Å². The first-order valence-electron chi connectivity index (χ1n) is 11.8. The summed E-state index contributed by atoms with van der Waals surface area (Å²) in [4.78, 5) is 19.2. The van der Waals surface area contributed by atoms with Crippen LogP contribution in [0.5, 0.6) is 0 Å². The van der Waals surface area contributed by atoms with Crippen LogP contribution in [0.4, 0.5) is 10.1 Å². The van der Waals surface area contributed by atoms with Gasteiger partial charge in [0.1, 0.15) is 23.4 Å². The van der Waals surface area contributed by atoms with E-state index in [1.54, 1.807) is 6.20 Å². The molecule has 9 heteroatoms. The van der Waals surface area contributed by atoms with Gasteiger partial charge in [0.05, 0.1) is 11.7 Å². The molecule has 1 aliphatic rings. The summed E-state index contributed by atoms with van der Waals surface area (Å²) in [5.41, 5.74) is 3.29. The summed E-state index contributed by atoms with van der Waals surface area (Å²) < 4.78 is 19.6. The average Bonchev–Trinajstić information content (AvgIpc) is 3.50. The molecule has 4 aromatic rings. The van der Waals surface area contributed by atoms with Crippen LogP contribution in [0.25, 0.3) is 11.3 Å². The van der Waals surface area contributed by atoms with Crippen LogP contribution in [0, 0.1) is 12.7 Å². The number of amides is 1. The molecule has 0 aliphatic carbocycles. The standard InChI is InChI=1S/C28H24ClFN4O2S/c1-17-5-6-18(29)16-21(17)23-11-12-24(36-23)27-26(22-4-2-3-14-31-22)33-28(37)34(27)15-13-25(35)32-20-9-7-19(30)8-10-20/h2-12,14,16,26-27H,13,15H2,1H3,(H,32,35)(H,33,37). The van der Waals surface area contributed by atoms with E-state index in [-0.39, 0.29) is 30.2 Å². The molecule has 2 aromatic heterocycles. The van der Waals surface area contributed by atoms with Crippen molar-refractivity contribution >= 4 is 40.5 Å². The van der Waals surface area contributed by atoms with E-state index >= 15 is 0 Å². The minimum atomic E-state index is -0.360. The molecule has 1 amide bonds. The lowest BCUT2D eigenvalue weighted by Crippen LogP contribution is -2.32. The Labute approximate surface area is 224 Å². The maximum atomic E-state index is 13.2. The molecule has 1 saturated heterocycles. The number of aromatic nitrogens is 1. The van der Waals surface area contributed by atoms with Gasteiger partial charge in [-0.1, -0.05) is 23.7 Å². The number of thiocarbonyl (C=S) groups is 1. The monoisotopic (exact) mass is 534 g/mol. The maximum absolute atomic E-state index is 13.2. The number of halogens is 2. The zero-order valence-electron chi connectivity index (χ0n) is 19.9. The summed E-state index contributed by atoms with van der Waals surface area (Å²) in [5.74, 6) is 0.822. The second kappa shape index (κ2) is 10.7. The zero-order chi connectivity index (χ0) is 25.9. The minimum Gasteiger partial charge on any atom is -0.459 e. The van der Waals surface area contributed by atoms with E-state index in [1.165, 1.54) is 24.3 Å². The maximum Gasteiger partial charge on any atom is 0.226 e. The van der Waals surface area contributed by atoms with Crippen molar-refractivity contribution in [1.29, 1.82) is 0 Å². The highest BCUT2D eigenvalue weighted by molar-refractivity contribution is 7.80. The number of nitrogens with zero attached hydrogens (tertiary/aromatic N) is 2. The van der Waals surface area contributed by atoms with Gasteiger partial charge in [0, 0.05) is 35.4 Å². The lowest BCUT2D eigenvalue weighted by Gasteiger charge is -2.25. The Balaban J connectivity index is 1.41. The quantitative estimate of drug-likeness (QED) is 0.266. The van der Waals surface area contributed by atoms with Gasteiger partial charge in [0.2, 0.25) is 5.91 Å². The highest BCUT2D eigenvalue weighted by atomic mass is 35.5. The number of rotatable bonds is 7. The van der Waals surface area contributed by atoms with Gasteiger partial charge >= 0.3 is 0 Å². The van der Waals surface area contributed by atoms with Crippen molar-refractivity contribution in [3.63, 3.8) is 0 Å². The van der Waals surface area contributed by atoms with Crippen LogP contribution in [0.1, 0.15) is 35.5 Å². The third kappa shape index (κ3) is 5.50. The van der Waals surface area contributed by atoms with Crippen LogP contribution in [0.3, 0.4) is 0 Å². The second-order valence-electron chi connectivity index (χ2n) is 8.79. The number of carbonyl (C=O) groups is 1. The molecule has 0 spiro atoms. The van der Waals surface area contributed by atoms with Gasteiger partial charge in [-0.2, -0.15) is 0 Å². The number of nitrogens with one attached hydrogen (secondary N) is 2. The van der Waals surface area contributed by atoms with Gasteiger partial charge in [0.15, 0.2) is 5.11 Å². The third-order valence-corrected chi connectivity index (χ3v) is 6.88. The Morgan fingerprint density at radius 2 is 1.97 bits per heavy atom. The Kier molecular flexibility index (Phi) is 7.21. The summed E-state index contributed by atoms with van der Waals surface area (Å²) >= 11 is 11.9. The fourth-order valence-corrected chi connectivity index (χ4v) is 4.95. The summed E-state index contributed by atoms with van der Waals surface area (Å²) in [6.45, 7) is 2.35. The second-order valence-corrected chi connectivity index (χ2v) is 9.61.